The molecular formula is C14H20ClNO3. The second-order valence-electron chi connectivity index (χ2n) is 4.34. The summed E-state index contributed by atoms with van der Waals surface area (Å²) in [6.07, 6.45) is 0.746. The zero-order valence-electron chi connectivity index (χ0n) is 11.8. The van der Waals surface area contributed by atoms with Crippen LogP contribution in [0.3, 0.4) is 0 Å². The van der Waals surface area contributed by atoms with E-state index in [2.05, 4.69) is 0 Å². The third-order valence-electron chi connectivity index (χ3n) is 2.84. The van der Waals surface area contributed by atoms with Gasteiger partial charge in [0, 0.05) is 19.0 Å². The average Bonchev–Trinajstić information content (AvgIpc) is 2.42. The van der Waals surface area contributed by atoms with Crippen molar-refractivity contribution in [1.82, 2.24) is 4.90 Å². The maximum absolute atomic E-state index is 12.4. The molecule has 0 saturated carbocycles. The van der Waals surface area contributed by atoms with Crippen LogP contribution in [0.5, 0.6) is 11.5 Å². The molecule has 0 bridgehead atoms. The standard InChI is InChI=1S/C14H20ClNO3/c1-10(15)8-9-16(2)14(17)11-6-5-7-12(18-3)13(11)19-4/h5-7,10H,8-9H2,1-4H3. The van der Waals surface area contributed by atoms with Crippen molar-refractivity contribution in [2.24, 2.45) is 0 Å². The number of benzene rings is 1. The Labute approximate surface area is 119 Å². The lowest BCUT2D eigenvalue weighted by molar-refractivity contribution is 0.0789. The molecular weight excluding hydrogens is 266 g/mol. The molecule has 106 valence electrons. The van der Waals surface area contributed by atoms with Crippen LogP contribution in [-0.2, 0) is 0 Å². The molecule has 5 heteroatoms. The highest BCUT2D eigenvalue weighted by molar-refractivity contribution is 6.20. The van der Waals surface area contributed by atoms with Gasteiger partial charge in [-0.25, -0.2) is 0 Å². The molecule has 0 N–H and O–H groups in total. The first-order valence-electron chi connectivity index (χ1n) is 6.11. The molecule has 1 rings (SSSR count). The molecule has 0 heterocycles. The van der Waals surface area contributed by atoms with Gasteiger partial charge in [0.25, 0.3) is 5.91 Å². The van der Waals surface area contributed by atoms with E-state index in [1.54, 1.807) is 37.3 Å². The predicted octanol–water partition coefficient (Wildman–Crippen LogP) is 2.79. The highest BCUT2D eigenvalue weighted by Crippen LogP contribution is 2.31. The molecule has 0 fully saturated rings. The first-order valence-corrected chi connectivity index (χ1v) is 6.55. The van der Waals surface area contributed by atoms with E-state index in [4.69, 9.17) is 21.1 Å². The third-order valence-corrected chi connectivity index (χ3v) is 3.06. The van der Waals surface area contributed by atoms with Crippen molar-refractivity contribution in [1.29, 1.82) is 0 Å². The minimum absolute atomic E-state index is 0.0439. The van der Waals surface area contributed by atoms with Gasteiger partial charge in [0.2, 0.25) is 0 Å². The maximum Gasteiger partial charge on any atom is 0.257 e. The summed E-state index contributed by atoms with van der Waals surface area (Å²) in [5, 5.41) is 0.0439. The van der Waals surface area contributed by atoms with Crippen molar-refractivity contribution in [3.8, 4) is 11.5 Å². The number of hydrogen-bond donors (Lipinski definition) is 0. The Kier molecular flexibility index (Phi) is 5.96. The van der Waals surface area contributed by atoms with Gasteiger partial charge in [-0.15, -0.1) is 11.6 Å². The molecule has 19 heavy (non-hydrogen) atoms. The van der Waals surface area contributed by atoms with Crippen molar-refractivity contribution in [3.63, 3.8) is 0 Å². The number of methoxy groups -OCH3 is 2. The van der Waals surface area contributed by atoms with Gasteiger partial charge in [-0.05, 0) is 25.5 Å². The Morgan fingerprint density at radius 3 is 2.58 bits per heavy atom. The fourth-order valence-corrected chi connectivity index (χ4v) is 1.83. The van der Waals surface area contributed by atoms with Gasteiger partial charge >= 0.3 is 0 Å². The van der Waals surface area contributed by atoms with Gasteiger partial charge in [-0.3, -0.25) is 4.79 Å². The lowest BCUT2D eigenvalue weighted by atomic mass is 10.1. The highest BCUT2D eigenvalue weighted by Gasteiger charge is 2.19. The van der Waals surface area contributed by atoms with E-state index in [1.165, 1.54) is 7.11 Å². The van der Waals surface area contributed by atoms with Crippen LogP contribution in [0.2, 0.25) is 0 Å². The number of carbonyl (C=O) groups excluding carboxylic acids is 1. The summed E-state index contributed by atoms with van der Waals surface area (Å²) in [6, 6.07) is 5.26. The van der Waals surface area contributed by atoms with E-state index in [-0.39, 0.29) is 11.3 Å². The number of rotatable bonds is 6. The number of ether oxygens (including phenoxy) is 2. The summed E-state index contributed by atoms with van der Waals surface area (Å²) < 4.78 is 10.5. The zero-order chi connectivity index (χ0) is 14.4. The van der Waals surface area contributed by atoms with E-state index in [9.17, 15) is 4.79 Å². The largest absolute Gasteiger partial charge is 0.493 e. The highest BCUT2D eigenvalue weighted by atomic mass is 35.5. The Morgan fingerprint density at radius 1 is 1.37 bits per heavy atom. The quantitative estimate of drug-likeness (QED) is 0.755. The lowest BCUT2D eigenvalue weighted by Crippen LogP contribution is -2.29. The van der Waals surface area contributed by atoms with Crippen LogP contribution < -0.4 is 9.47 Å². The summed E-state index contributed by atoms with van der Waals surface area (Å²) in [5.74, 6) is 0.904. The molecule has 0 radical (unpaired) electrons. The summed E-state index contributed by atoms with van der Waals surface area (Å²) in [7, 11) is 4.82. The van der Waals surface area contributed by atoms with Crippen molar-refractivity contribution in [3.05, 3.63) is 23.8 Å². The third kappa shape index (κ3) is 4.03. The molecule has 1 aromatic carbocycles. The first kappa shape index (κ1) is 15.6. The molecule has 1 amide bonds. The number of para-hydroxylation sites is 1. The molecule has 0 aromatic heterocycles. The molecule has 4 nitrogen and oxygen atoms in total. The number of halogens is 1. The van der Waals surface area contributed by atoms with Gasteiger partial charge in [0.15, 0.2) is 11.5 Å². The molecule has 0 saturated heterocycles. The second kappa shape index (κ2) is 7.24. The van der Waals surface area contributed by atoms with Crippen LogP contribution in [0, 0.1) is 0 Å². The van der Waals surface area contributed by atoms with E-state index in [0.29, 0.717) is 23.6 Å². The summed E-state index contributed by atoms with van der Waals surface area (Å²) in [4.78, 5) is 14.0. The van der Waals surface area contributed by atoms with E-state index < -0.39 is 0 Å². The van der Waals surface area contributed by atoms with Gasteiger partial charge < -0.3 is 14.4 Å². The van der Waals surface area contributed by atoms with Crippen LogP contribution in [0.4, 0.5) is 0 Å². The Hall–Kier alpha value is -1.42. The predicted molar refractivity (Wildman–Crippen MR) is 76.4 cm³/mol. The fraction of sp³-hybridized carbons (Fsp3) is 0.500. The molecule has 1 aromatic rings. The zero-order valence-corrected chi connectivity index (χ0v) is 12.5. The number of hydrogen-bond acceptors (Lipinski definition) is 3. The van der Waals surface area contributed by atoms with Crippen molar-refractivity contribution in [2.75, 3.05) is 27.8 Å². The smallest absolute Gasteiger partial charge is 0.257 e. The van der Waals surface area contributed by atoms with Crippen molar-refractivity contribution in [2.45, 2.75) is 18.7 Å². The topological polar surface area (TPSA) is 38.8 Å². The second-order valence-corrected chi connectivity index (χ2v) is 5.08. The molecule has 0 aliphatic carbocycles. The summed E-state index contributed by atoms with van der Waals surface area (Å²) in [6.45, 7) is 2.51. The van der Waals surface area contributed by atoms with Gasteiger partial charge in [0.05, 0.1) is 19.8 Å². The fourth-order valence-electron chi connectivity index (χ4n) is 1.73. The van der Waals surface area contributed by atoms with Crippen LogP contribution in [-0.4, -0.2) is 44.0 Å². The summed E-state index contributed by atoms with van der Waals surface area (Å²) in [5.41, 5.74) is 0.492. The SMILES string of the molecule is COc1cccc(C(=O)N(C)CCC(C)Cl)c1OC. The average molecular weight is 286 g/mol. The Bertz CT molecular complexity index is 435. The minimum Gasteiger partial charge on any atom is -0.493 e. The van der Waals surface area contributed by atoms with Gasteiger partial charge in [-0.2, -0.15) is 0 Å². The van der Waals surface area contributed by atoms with Gasteiger partial charge in [-0.1, -0.05) is 6.07 Å². The lowest BCUT2D eigenvalue weighted by Gasteiger charge is -2.20. The molecule has 0 aliphatic heterocycles. The monoisotopic (exact) mass is 285 g/mol. The number of alkyl halides is 1. The number of carbonyl (C=O) groups is 1. The molecule has 0 spiro atoms. The van der Waals surface area contributed by atoms with E-state index in [0.717, 1.165) is 6.42 Å². The van der Waals surface area contributed by atoms with Crippen LogP contribution >= 0.6 is 11.6 Å². The molecule has 1 unspecified atom stereocenters. The Balaban J connectivity index is 2.92. The summed E-state index contributed by atoms with van der Waals surface area (Å²) >= 11 is 5.90. The number of nitrogens with zero attached hydrogens (tertiary/aromatic N) is 1. The first-order chi connectivity index (χ1) is 9.01. The van der Waals surface area contributed by atoms with Crippen LogP contribution in [0.1, 0.15) is 23.7 Å². The molecule has 1 atom stereocenters. The normalized spacial score (nSPS) is 11.8. The maximum atomic E-state index is 12.4. The Morgan fingerprint density at radius 2 is 2.05 bits per heavy atom. The van der Waals surface area contributed by atoms with E-state index >= 15 is 0 Å². The van der Waals surface area contributed by atoms with Crippen molar-refractivity contribution < 1.29 is 14.3 Å². The molecule has 0 aliphatic rings. The van der Waals surface area contributed by atoms with Crippen molar-refractivity contribution >= 4 is 17.5 Å². The van der Waals surface area contributed by atoms with Gasteiger partial charge in [0.1, 0.15) is 0 Å². The van der Waals surface area contributed by atoms with E-state index in [1.807, 2.05) is 6.92 Å². The minimum atomic E-state index is -0.104. The van der Waals surface area contributed by atoms with Crippen LogP contribution in [0.15, 0.2) is 18.2 Å². The number of amides is 1. The van der Waals surface area contributed by atoms with Crippen LogP contribution in [0.25, 0.3) is 0 Å².